The maximum atomic E-state index is 12.4. The van der Waals surface area contributed by atoms with Gasteiger partial charge >= 0.3 is 0 Å². The summed E-state index contributed by atoms with van der Waals surface area (Å²) in [5.41, 5.74) is 1.84. The van der Waals surface area contributed by atoms with E-state index in [1.54, 1.807) is 36.1 Å². The zero-order valence-electron chi connectivity index (χ0n) is 14.6. The van der Waals surface area contributed by atoms with Gasteiger partial charge < -0.3 is 4.90 Å². The van der Waals surface area contributed by atoms with Crippen molar-refractivity contribution >= 4 is 15.9 Å². The Labute approximate surface area is 149 Å². The minimum absolute atomic E-state index is 0.0639. The molecule has 6 heteroatoms. The lowest BCUT2D eigenvalue weighted by atomic mass is 10.1. The maximum Gasteiger partial charge on any atom is 0.240 e. The van der Waals surface area contributed by atoms with Crippen LogP contribution in [0.25, 0.3) is 0 Å². The van der Waals surface area contributed by atoms with Gasteiger partial charge in [-0.2, -0.15) is 0 Å². The molecule has 0 aliphatic rings. The maximum absolute atomic E-state index is 12.4. The SMILES string of the molecule is CC(=O)N(CCNS(=O)(=O)c1ccccc1C)CCc1ccccc1. The molecule has 0 bridgehead atoms. The van der Waals surface area contributed by atoms with E-state index in [1.807, 2.05) is 30.3 Å². The molecule has 2 aromatic carbocycles. The number of hydrogen-bond acceptors (Lipinski definition) is 3. The molecule has 25 heavy (non-hydrogen) atoms. The Bertz CT molecular complexity index is 804. The van der Waals surface area contributed by atoms with Crippen LogP contribution < -0.4 is 4.72 Å². The highest BCUT2D eigenvalue weighted by Gasteiger charge is 2.16. The van der Waals surface area contributed by atoms with E-state index in [9.17, 15) is 13.2 Å². The summed E-state index contributed by atoms with van der Waals surface area (Å²) in [6.45, 7) is 4.35. The molecular formula is C19H24N2O3S. The number of carbonyl (C=O) groups is 1. The molecule has 0 radical (unpaired) electrons. The van der Waals surface area contributed by atoms with Crippen molar-refractivity contribution in [3.63, 3.8) is 0 Å². The molecule has 0 heterocycles. The molecule has 0 unspecified atom stereocenters. The lowest BCUT2D eigenvalue weighted by Crippen LogP contribution is -2.38. The Morgan fingerprint density at radius 2 is 1.64 bits per heavy atom. The van der Waals surface area contributed by atoms with Gasteiger partial charge in [-0.15, -0.1) is 0 Å². The summed E-state index contributed by atoms with van der Waals surface area (Å²) in [7, 11) is -3.57. The molecule has 0 atom stereocenters. The first-order valence-electron chi connectivity index (χ1n) is 8.25. The average molecular weight is 360 g/mol. The number of rotatable bonds is 8. The molecule has 2 aromatic rings. The zero-order valence-corrected chi connectivity index (χ0v) is 15.4. The number of aryl methyl sites for hydroxylation is 1. The summed E-state index contributed by atoms with van der Waals surface area (Å²) in [6.07, 6.45) is 0.741. The third kappa shape index (κ3) is 5.69. The Hall–Kier alpha value is -2.18. The van der Waals surface area contributed by atoms with Crippen LogP contribution in [0.1, 0.15) is 18.1 Å². The molecule has 134 valence electrons. The number of nitrogens with zero attached hydrogens (tertiary/aromatic N) is 1. The first-order valence-corrected chi connectivity index (χ1v) is 9.73. The summed E-state index contributed by atoms with van der Waals surface area (Å²) in [6, 6.07) is 16.7. The Balaban J connectivity index is 1.91. The quantitative estimate of drug-likeness (QED) is 0.786. The highest BCUT2D eigenvalue weighted by Crippen LogP contribution is 2.13. The molecule has 0 saturated carbocycles. The van der Waals surface area contributed by atoms with Gasteiger partial charge in [-0.3, -0.25) is 4.79 Å². The smallest absolute Gasteiger partial charge is 0.240 e. The third-order valence-corrected chi connectivity index (χ3v) is 5.64. The van der Waals surface area contributed by atoms with Crippen LogP contribution in [0, 0.1) is 6.92 Å². The van der Waals surface area contributed by atoms with Crippen molar-refractivity contribution in [1.82, 2.24) is 9.62 Å². The van der Waals surface area contributed by atoms with Gasteiger partial charge in [0, 0.05) is 26.6 Å². The van der Waals surface area contributed by atoms with Gasteiger partial charge in [-0.1, -0.05) is 48.5 Å². The lowest BCUT2D eigenvalue weighted by molar-refractivity contribution is -0.128. The van der Waals surface area contributed by atoms with Crippen molar-refractivity contribution in [2.45, 2.75) is 25.2 Å². The van der Waals surface area contributed by atoms with E-state index in [-0.39, 0.29) is 17.3 Å². The number of benzene rings is 2. The highest BCUT2D eigenvalue weighted by molar-refractivity contribution is 7.89. The second-order valence-electron chi connectivity index (χ2n) is 5.90. The van der Waals surface area contributed by atoms with Crippen molar-refractivity contribution in [2.75, 3.05) is 19.6 Å². The van der Waals surface area contributed by atoms with Crippen LogP contribution in [-0.2, 0) is 21.2 Å². The van der Waals surface area contributed by atoms with E-state index in [0.29, 0.717) is 18.7 Å². The largest absolute Gasteiger partial charge is 0.341 e. The van der Waals surface area contributed by atoms with Crippen molar-refractivity contribution in [3.8, 4) is 0 Å². The topological polar surface area (TPSA) is 66.5 Å². The van der Waals surface area contributed by atoms with E-state index >= 15 is 0 Å². The van der Waals surface area contributed by atoms with Gasteiger partial charge in [-0.25, -0.2) is 13.1 Å². The molecule has 0 fully saturated rings. The minimum atomic E-state index is -3.57. The molecule has 0 aromatic heterocycles. The first kappa shape index (κ1) is 19.1. The summed E-state index contributed by atoms with van der Waals surface area (Å²) < 4.78 is 27.3. The van der Waals surface area contributed by atoms with Gasteiger partial charge in [0.2, 0.25) is 15.9 Å². The monoisotopic (exact) mass is 360 g/mol. The van der Waals surface area contributed by atoms with Crippen LogP contribution in [0.15, 0.2) is 59.5 Å². The molecule has 1 amide bonds. The molecule has 0 aliphatic carbocycles. The second kappa shape index (κ2) is 8.78. The number of amides is 1. The van der Waals surface area contributed by atoms with Crippen molar-refractivity contribution in [3.05, 3.63) is 65.7 Å². The number of nitrogens with one attached hydrogen (secondary N) is 1. The fourth-order valence-corrected chi connectivity index (χ4v) is 3.85. The Morgan fingerprint density at radius 3 is 2.28 bits per heavy atom. The fraction of sp³-hybridized carbons (Fsp3) is 0.316. The lowest BCUT2D eigenvalue weighted by Gasteiger charge is -2.21. The van der Waals surface area contributed by atoms with Gasteiger partial charge in [0.1, 0.15) is 0 Å². The zero-order chi connectivity index (χ0) is 18.3. The minimum Gasteiger partial charge on any atom is -0.341 e. The second-order valence-corrected chi connectivity index (χ2v) is 7.64. The van der Waals surface area contributed by atoms with Crippen LogP contribution in [0.4, 0.5) is 0 Å². The predicted molar refractivity (Wildman–Crippen MR) is 98.8 cm³/mol. The van der Waals surface area contributed by atoms with E-state index in [4.69, 9.17) is 0 Å². The standard InChI is InChI=1S/C19H24N2O3S/c1-16-8-6-7-11-19(16)25(23,24)20-13-15-21(17(2)22)14-12-18-9-4-3-5-10-18/h3-11,20H,12-15H2,1-2H3. The molecule has 0 spiro atoms. The number of carbonyl (C=O) groups excluding carboxylic acids is 1. The van der Waals surface area contributed by atoms with Crippen LogP contribution in [0.3, 0.4) is 0 Å². The van der Waals surface area contributed by atoms with Gasteiger partial charge in [0.15, 0.2) is 0 Å². The van der Waals surface area contributed by atoms with Gasteiger partial charge in [-0.05, 0) is 30.5 Å². The molecule has 5 nitrogen and oxygen atoms in total. The van der Waals surface area contributed by atoms with E-state index in [1.165, 1.54) is 6.92 Å². The first-order chi connectivity index (χ1) is 11.9. The average Bonchev–Trinajstić information content (AvgIpc) is 2.58. The van der Waals surface area contributed by atoms with Crippen molar-refractivity contribution < 1.29 is 13.2 Å². The summed E-state index contributed by atoms with van der Waals surface area (Å²) in [5, 5.41) is 0. The van der Waals surface area contributed by atoms with Gasteiger partial charge in [0.25, 0.3) is 0 Å². The van der Waals surface area contributed by atoms with Crippen molar-refractivity contribution in [1.29, 1.82) is 0 Å². The summed E-state index contributed by atoms with van der Waals surface area (Å²) in [5.74, 6) is -0.0639. The van der Waals surface area contributed by atoms with Crippen LogP contribution >= 0.6 is 0 Å². The van der Waals surface area contributed by atoms with E-state index in [0.717, 1.165) is 12.0 Å². The normalized spacial score (nSPS) is 11.3. The van der Waals surface area contributed by atoms with Crippen LogP contribution in [0.2, 0.25) is 0 Å². The third-order valence-electron chi connectivity index (χ3n) is 4.02. The summed E-state index contributed by atoms with van der Waals surface area (Å²) >= 11 is 0. The van der Waals surface area contributed by atoms with Crippen molar-refractivity contribution in [2.24, 2.45) is 0 Å². The summed E-state index contributed by atoms with van der Waals surface area (Å²) in [4.78, 5) is 13.7. The van der Waals surface area contributed by atoms with E-state index < -0.39 is 10.0 Å². The molecule has 2 rings (SSSR count). The number of hydrogen-bond donors (Lipinski definition) is 1. The molecule has 1 N–H and O–H groups in total. The Morgan fingerprint density at radius 1 is 1.00 bits per heavy atom. The number of sulfonamides is 1. The molecule has 0 saturated heterocycles. The predicted octanol–water partition coefficient (Wildman–Crippen LogP) is 2.36. The van der Waals surface area contributed by atoms with Crippen LogP contribution in [0.5, 0.6) is 0 Å². The molecular weight excluding hydrogens is 336 g/mol. The van der Waals surface area contributed by atoms with Crippen LogP contribution in [-0.4, -0.2) is 38.9 Å². The van der Waals surface area contributed by atoms with E-state index in [2.05, 4.69) is 4.72 Å². The Kier molecular flexibility index (Phi) is 6.73. The molecule has 0 aliphatic heterocycles. The highest BCUT2D eigenvalue weighted by atomic mass is 32.2. The van der Waals surface area contributed by atoms with Gasteiger partial charge in [0.05, 0.1) is 4.90 Å². The fourth-order valence-electron chi connectivity index (χ4n) is 2.59.